The van der Waals surface area contributed by atoms with E-state index < -0.39 is 0 Å². The van der Waals surface area contributed by atoms with Crippen molar-refractivity contribution >= 4 is 12.0 Å². The summed E-state index contributed by atoms with van der Waals surface area (Å²) in [5.74, 6) is 0.432. The number of carbonyl (C=O) groups excluding carboxylic acids is 2. The van der Waals surface area contributed by atoms with Crippen LogP contribution in [0.1, 0.15) is 31.2 Å². The number of amides is 2. The molecule has 0 bridgehead atoms. The van der Waals surface area contributed by atoms with Crippen LogP contribution < -0.4 is 10.1 Å². The summed E-state index contributed by atoms with van der Waals surface area (Å²) in [6.45, 7) is 4.09. The van der Waals surface area contributed by atoms with E-state index in [-0.39, 0.29) is 29.3 Å². The average molecular weight is 376 g/mol. The number of nitrogens with zero attached hydrogens (tertiary/aromatic N) is 1. The van der Waals surface area contributed by atoms with Gasteiger partial charge in [-0.05, 0) is 56.2 Å². The standard InChI is InChI=1S/C20H25FN2O4/c1-13-2-3-17(16(21)8-13)26-11-14-4-6-23(7-5-14)18(24)15-9-20(10-15)12-27-19(25)22-20/h2-3,8,14-15H,4-7,9-12H2,1H3,(H,22,25)/t15-,20-. The molecule has 1 saturated carbocycles. The molecule has 3 fully saturated rings. The van der Waals surface area contributed by atoms with Crippen LogP contribution in [0, 0.1) is 24.6 Å². The number of carbonyl (C=O) groups is 2. The Bertz CT molecular complexity index is 739. The number of halogens is 1. The van der Waals surface area contributed by atoms with Gasteiger partial charge in [0.25, 0.3) is 0 Å². The molecule has 7 heteroatoms. The molecule has 0 aromatic heterocycles. The molecule has 3 aliphatic rings. The van der Waals surface area contributed by atoms with Gasteiger partial charge in [0, 0.05) is 19.0 Å². The Labute approximate surface area is 158 Å². The monoisotopic (exact) mass is 376 g/mol. The molecule has 1 aromatic rings. The Morgan fingerprint density at radius 1 is 1.37 bits per heavy atom. The summed E-state index contributed by atoms with van der Waals surface area (Å²) in [7, 11) is 0. The van der Waals surface area contributed by atoms with E-state index in [4.69, 9.17) is 9.47 Å². The van der Waals surface area contributed by atoms with Gasteiger partial charge in [-0.1, -0.05) is 6.07 Å². The van der Waals surface area contributed by atoms with Gasteiger partial charge in [-0.3, -0.25) is 4.79 Å². The van der Waals surface area contributed by atoms with Crippen molar-refractivity contribution in [3.05, 3.63) is 29.6 Å². The van der Waals surface area contributed by atoms with Crippen LogP contribution in [0.5, 0.6) is 5.75 Å². The van der Waals surface area contributed by atoms with Gasteiger partial charge in [0.05, 0.1) is 12.1 Å². The number of cyclic esters (lactones) is 1. The quantitative estimate of drug-likeness (QED) is 0.877. The predicted molar refractivity (Wildman–Crippen MR) is 95.9 cm³/mol. The van der Waals surface area contributed by atoms with Crippen LogP contribution in [0.4, 0.5) is 9.18 Å². The maximum absolute atomic E-state index is 13.8. The molecule has 2 saturated heterocycles. The molecule has 2 heterocycles. The molecule has 1 spiro atoms. The topological polar surface area (TPSA) is 67.9 Å². The van der Waals surface area contributed by atoms with Crippen LogP contribution in [0.25, 0.3) is 0 Å². The average Bonchev–Trinajstić information content (AvgIpc) is 3.02. The molecule has 0 unspecified atom stereocenters. The van der Waals surface area contributed by atoms with Gasteiger partial charge in [-0.15, -0.1) is 0 Å². The Hall–Kier alpha value is -2.31. The first kappa shape index (κ1) is 18.1. The Morgan fingerprint density at radius 2 is 2.11 bits per heavy atom. The van der Waals surface area contributed by atoms with E-state index in [9.17, 15) is 14.0 Å². The predicted octanol–water partition coefficient (Wildman–Crippen LogP) is 2.64. The first-order valence-electron chi connectivity index (χ1n) is 9.57. The molecular weight excluding hydrogens is 351 g/mol. The Morgan fingerprint density at radius 3 is 2.74 bits per heavy atom. The minimum absolute atomic E-state index is 0.0264. The minimum Gasteiger partial charge on any atom is -0.490 e. The normalized spacial score (nSPS) is 27.9. The highest BCUT2D eigenvalue weighted by Gasteiger charge is 2.53. The van der Waals surface area contributed by atoms with Crippen LogP contribution in [-0.4, -0.2) is 48.7 Å². The second-order valence-corrected chi connectivity index (χ2v) is 8.10. The SMILES string of the molecule is Cc1ccc(OCC2CCN(C(=O)[C@H]3C[C@@]4(COC(=O)N4)C3)CC2)c(F)c1. The number of rotatable bonds is 4. The number of nitrogens with one attached hydrogen (secondary N) is 1. The molecule has 2 amide bonds. The van der Waals surface area contributed by atoms with Crippen LogP contribution in [0.3, 0.4) is 0 Å². The largest absolute Gasteiger partial charge is 0.490 e. The molecule has 1 aliphatic carbocycles. The second kappa shape index (κ2) is 7.02. The molecule has 0 radical (unpaired) electrons. The zero-order chi connectivity index (χ0) is 19.0. The van der Waals surface area contributed by atoms with E-state index in [1.165, 1.54) is 6.07 Å². The fourth-order valence-corrected chi connectivity index (χ4v) is 4.28. The first-order valence-corrected chi connectivity index (χ1v) is 9.57. The van der Waals surface area contributed by atoms with Crippen molar-refractivity contribution in [1.82, 2.24) is 10.2 Å². The van der Waals surface area contributed by atoms with Crippen LogP contribution in [0.15, 0.2) is 18.2 Å². The first-order chi connectivity index (χ1) is 12.9. The van der Waals surface area contributed by atoms with Crippen LogP contribution in [-0.2, 0) is 9.53 Å². The summed E-state index contributed by atoms with van der Waals surface area (Å²) in [6.07, 6.45) is 2.65. The number of likely N-dealkylation sites (tertiary alicyclic amines) is 1. The van der Waals surface area contributed by atoms with E-state index in [0.717, 1.165) is 18.4 Å². The summed E-state index contributed by atoms with van der Waals surface area (Å²) in [4.78, 5) is 25.8. The van der Waals surface area contributed by atoms with Gasteiger partial charge in [0.15, 0.2) is 11.6 Å². The third-order valence-electron chi connectivity index (χ3n) is 5.96. The van der Waals surface area contributed by atoms with E-state index in [1.807, 2.05) is 17.9 Å². The van der Waals surface area contributed by atoms with Gasteiger partial charge in [0.2, 0.25) is 5.91 Å². The van der Waals surface area contributed by atoms with Gasteiger partial charge in [-0.25, -0.2) is 9.18 Å². The smallest absolute Gasteiger partial charge is 0.407 e. The van der Waals surface area contributed by atoms with E-state index in [1.54, 1.807) is 6.07 Å². The van der Waals surface area contributed by atoms with Crippen molar-refractivity contribution in [2.45, 2.75) is 38.1 Å². The number of hydrogen-bond donors (Lipinski definition) is 1. The molecule has 2 aliphatic heterocycles. The van der Waals surface area contributed by atoms with Crippen LogP contribution in [0.2, 0.25) is 0 Å². The van der Waals surface area contributed by atoms with Crippen molar-refractivity contribution in [3.8, 4) is 5.75 Å². The highest BCUT2D eigenvalue weighted by Crippen LogP contribution is 2.41. The van der Waals surface area contributed by atoms with Crippen molar-refractivity contribution in [2.75, 3.05) is 26.3 Å². The molecule has 27 heavy (non-hydrogen) atoms. The fraction of sp³-hybridized carbons (Fsp3) is 0.600. The molecule has 0 atom stereocenters. The summed E-state index contributed by atoms with van der Waals surface area (Å²) < 4.78 is 24.5. The van der Waals surface area contributed by atoms with Crippen molar-refractivity contribution in [1.29, 1.82) is 0 Å². The van der Waals surface area contributed by atoms with Gasteiger partial charge in [-0.2, -0.15) is 0 Å². The van der Waals surface area contributed by atoms with Gasteiger partial charge in [0.1, 0.15) is 6.61 Å². The summed E-state index contributed by atoms with van der Waals surface area (Å²) in [5.41, 5.74) is 0.551. The lowest BCUT2D eigenvalue weighted by Crippen LogP contribution is -2.58. The van der Waals surface area contributed by atoms with Crippen LogP contribution >= 0.6 is 0 Å². The number of ether oxygens (including phenoxy) is 2. The summed E-state index contributed by atoms with van der Waals surface area (Å²) in [5, 5.41) is 2.82. The highest BCUT2D eigenvalue weighted by molar-refractivity contribution is 5.81. The number of alkyl carbamates (subject to hydrolysis) is 1. The van der Waals surface area contributed by atoms with Gasteiger partial charge >= 0.3 is 6.09 Å². The maximum atomic E-state index is 13.8. The lowest BCUT2D eigenvalue weighted by molar-refractivity contribution is -0.142. The summed E-state index contributed by atoms with van der Waals surface area (Å²) in [6, 6.07) is 4.98. The Kier molecular flexibility index (Phi) is 4.70. The summed E-state index contributed by atoms with van der Waals surface area (Å²) >= 11 is 0. The zero-order valence-electron chi connectivity index (χ0n) is 15.5. The lowest BCUT2D eigenvalue weighted by Gasteiger charge is -2.44. The van der Waals surface area contributed by atoms with E-state index in [0.29, 0.717) is 50.8 Å². The molecule has 1 aromatic carbocycles. The molecular formula is C20H25FN2O4. The van der Waals surface area contributed by atoms with Crippen molar-refractivity contribution in [3.63, 3.8) is 0 Å². The maximum Gasteiger partial charge on any atom is 0.407 e. The molecule has 146 valence electrons. The van der Waals surface area contributed by atoms with Crippen molar-refractivity contribution < 1.29 is 23.5 Å². The number of hydrogen-bond acceptors (Lipinski definition) is 4. The minimum atomic E-state index is -0.383. The van der Waals surface area contributed by atoms with Crippen molar-refractivity contribution in [2.24, 2.45) is 11.8 Å². The number of benzene rings is 1. The Balaban J connectivity index is 1.21. The highest BCUT2D eigenvalue weighted by atomic mass is 19.1. The van der Waals surface area contributed by atoms with E-state index >= 15 is 0 Å². The fourth-order valence-electron chi connectivity index (χ4n) is 4.28. The number of aryl methyl sites for hydroxylation is 1. The molecule has 6 nitrogen and oxygen atoms in total. The molecule has 4 rings (SSSR count). The third-order valence-corrected chi connectivity index (χ3v) is 5.96. The van der Waals surface area contributed by atoms with E-state index in [2.05, 4.69) is 5.32 Å². The third kappa shape index (κ3) is 3.73. The molecule has 1 N–H and O–H groups in total. The van der Waals surface area contributed by atoms with Gasteiger partial charge < -0.3 is 19.7 Å². The lowest BCUT2D eigenvalue weighted by atomic mass is 9.68. The second-order valence-electron chi connectivity index (χ2n) is 8.10. The number of piperidine rings is 1. The zero-order valence-corrected chi connectivity index (χ0v) is 15.5.